The van der Waals surface area contributed by atoms with Crippen LogP contribution >= 0.6 is 0 Å². The molecule has 6 nitrogen and oxygen atoms in total. The zero-order valence-electron chi connectivity index (χ0n) is 11.4. The topological polar surface area (TPSA) is 97.5 Å². The van der Waals surface area contributed by atoms with Crippen molar-refractivity contribution in [1.82, 2.24) is 0 Å². The highest BCUT2D eigenvalue weighted by atomic mass is 32.2. The standard InChI is InChI=1S/C14H16N2O4S/c15-21(19,20)8-9-5-14(18)16(7-9)11-3-1-10-2-4-13(17)12(10)6-11/h1,3,6,9H,2,4-5,7-8H2,(H2,15,19,20). The molecule has 1 aliphatic heterocycles. The molecule has 1 aliphatic carbocycles. The fourth-order valence-electron chi connectivity index (χ4n) is 3.06. The Morgan fingerprint density at radius 3 is 2.71 bits per heavy atom. The number of carbonyl (C=O) groups excluding carboxylic acids is 2. The second-order valence-electron chi connectivity index (χ2n) is 5.67. The van der Waals surface area contributed by atoms with E-state index in [0.29, 0.717) is 24.2 Å². The Labute approximate surface area is 123 Å². The molecule has 3 rings (SSSR count). The van der Waals surface area contributed by atoms with E-state index in [1.54, 1.807) is 11.0 Å². The van der Waals surface area contributed by atoms with E-state index in [-0.39, 0.29) is 29.8 Å². The monoisotopic (exact) mass is 308 g/mol. The molecule has 1 fully saturated rings. The predicted molar refractivity (Wildman–Crippen MR) is 77.5 cm³/mol. The summed E-state index contributed by atoms with van der Waals surface area (Å²) in [4.78, 5) is 25.4. The van der Waals surface area contributed by atoms with E-state index in [4.69, 9.17) is 5.14 Å². The van der Waals surface area contributed by atoms with Crippen molar-refractivity contribution in [3.8, 4) is 0 Å². The van der Waals surface area contributed by atoms with Crippen LogP contribution in [0.3, 0.4) is 0 Å². The molecule has 1 saturated heterocycles. The summed E-state index contributed by atoms with van der Waals surface area (Å²) in [5.41, 5.74) is 2.34. The number of hydrogen-bond donors (Lipinski definition) is 1. The van der Waals surface area contributed by atoms with Crippen molar-refractivity contribution in [3.05, 3.63) is 29.3 Å². The minimum atomic E-state index is -3.59. The van der Waals surface area contributed by atoms with Gasteiger partial charge in [-0.3, -0.25) is 9.59 Å². The fourth-order valence-corrected chi connectivity index (χ4v) is 3.94. The predicted octanol–water partition coefficient (Wildman–Crippen LogP) is 0.457. The Balaban J connectivity index is 1.83. The SMILES string of the molecule is NS(=O)(=O)CC1CC(=O)N(c2ccc3c(c2)C(=O)CC3)C1. The van der Waals surface area contributed by atoms with Crippen molar-refractivity contribution >= 4 is 27.4 Å². The molecule has 1 heterocycles. The molecule has 0 saturated carbocycles. The van der Waals surface area contributed by atoms with Gasteiger partial charge in [0.25, 0.3) is 0 Å². The van der Waals surface area contributed by atoms with Crippen molar-refractivity contribution < 1.29 is 18.0 Å². The van der Waals surface area contributed by atoms with E-state index >= 15 is 0 Å². The summed E-state index contributed by atoms with van der Waals surface area (Å²) >= 11 is 0. The first-order valence-electron chi connectivity index (χ1n) is 6.80. The van der Waals surface area contributed by atoms with Gasteiger partial charge in [-0.15, -0.1) is 0 Å². The number of anilines is 1. The van der Waals surface area contributed by atoms with Crippen LogP contribution in [0.4, 0.5) is 5.69 Å². The fraction of sp³-hybridized carbons (Fsp3) is 0.429. The van der Waals surface area contributed by atoms with Crippen molar-refractivity contribution in [2.75, 3.05) is 17.2 Å². The smallest absolute Gasteiger partial charge is 0.227 e. The van der Waals surface area contributed by atoms with Crippen LogP contribution in [-0.2, 0) is 21.2 Å². The molecular weight excluding hydrogens is 292 g/mol. The number of nitrogens with zero attached hydrogens (tertiary/aromatic N) is 1. The van der Waals surface area contributed by atoms with Crippen LogP contribution < -0.4 is 10.0 Å². The highest BCUT2D eigenvalue weighted by Crippen LogP contribution is 2.30. The minimum absolute atomic E-state index is 0.0968. The van der Waals surface area contributed by atoms with Crippen LogP contribution in [-0.4, -0.2) is 32.4 Å². The minimum Gasteiger partial charge on any atom is -0.312 e. The number of fused-ring (bicyclic) bond motifs is 1. The van der Waals surface area contributed by atoms with Gasteiger partial charge < -0.3 is 4.90 Å². The number of ketones is 1. The molecule has 0 radical (unpaired) electrons. The number of amides is 1. The molecule has 112 valence electrons. The second kappa shape index (κ2) is 4.92. The Morgan fingerprint density at radius 1 is 1.24 bits per heavy atom. The summed E-state index contributed by atoms with van der Waals surface area (Å²) in [5.74, 6) is -0.524. The summed E-state index contributed by atoms with van der Waals surface area (Å²) in [5, 5.41) is 5.03. The number of hydrogen-bond acceptors (Lipinski definition) is 4. The van der Waals surface area contributed by atoms with Crippen LogP contribution in [0, 0.1) is 5.92 Å². The number of rotatable bonds is 3. The molecule has 0 spiro atoms. The summed E-state index contributed by atoms with van der Waals surface area (Å²) < 4.78 is 22.3. The zero-order valence-corrected chi connectivity index (χ0v) is 12.2. The van der Waals surface area contributed by atoms with Gasteiger partial charge in [0.15, 0.2) is 5.78 Å². The van der Waals surface area contributed by atoms with Gasteiger partial charge in [0.05, 0.1) is 5.75 Å². The Bertz CT molecular complexity index is 726. The summed E-state index contributed by atoms with van der Waals surface area (Å²) in [6.45, 7) is 0.322. The number of nitrogens with two attached hydrogens (primary N) is 1. The van der Waals surface area contributed by atoms with Crippen LogP contribution in [0.2, 0.25) is 0 Å². The summed E-state index contributed by atoms with van der Waals surface area (Å²) in [6.07, 6.45) is 1.43. The lowest BCUT2D eigenvalue weighted by molar-refractivity contribution is -0.117. The third-order valence-corrected chi connectivity index (χ3v) is 4.94. The van der Waals surface area contributed by atoms with Gasteiger partial charge in [-0.05, 0) is 24.1 Å². The highest BCUT2D eigenvalue weighted by molar-refractivity contribution is 7.89. The number of benzene rings is 1. The normalized spacial score (nSPS) is 22.0. The van der Waals surface area contributed by atoms with Crippen LogP contribution in [0.1, 0.15) is 28.8 Å². The van der Waals surface area contributed by atoms with Gasteiger partial charge in [0.1, 0.15) is 0 Å². The molecule has 21 heavy (non-hydrogen) atoms. The third-order valence-electron chi connectivity index (χ3n) is 4.00. The number of sulfonamides is 1. The molecule has 7 heteroatoms. The Kier molecular flexibility index (Phi) is 3.33. The zero-order chi connectivity index (χ0) is 15.2. The first-order chi connectivity index (χ1) is 9.83. The van der Waals surface area contributed by atoms with Crippen molar-refractivity contribution in [2.24, 2.45) is 11.1 Å². The number of aryl methyl sites for hydroxylation is 1. The maximum absolute atomic E-state index is 12.1. The second-order valence-corrected chi connectivity index (χ2v) is 7.33. The van der Waals surface area contributed by atoms with Gasteiger partial charge in [-0.2, -0.15) is 0 Å². The van der Waals surface area contributed by atoms with E-state index in [9.17, 15) is 18.0 Å². The van der Waals surface area contributed by atoms with Crippen molar-refractivity contribution in [2.45, 2.75) is 19.3 Å². The number of carbonyl (C=O) groups is 2. The Hall–Kier alpha value is -1.73. The number of Topliss-reactive ketones (excluding diaryl/α,β-unsaturated/α-hetero) is 1. The molecule has 1 aromatic carbocycles. The maximum atomic E-state index is 12.1. The highest BCUT2D eigenvalue weighted by Gasteiger charge is 2.33. The van der Waals surface area contributed by atoms with E-state index in [0.717, 1.165) is 12.0 Å². The molecule has 2 aliphatic rings. The van der Waals surface area contributed by atoms with Crippen LogP contribution in [0.15, 0.2) is 18.2 Å². The molecule has 1 unspecified atom stereocenters. The van der Waals surface area contributed by atoms with E-state index in [1.807, 2.05) is 12.1 Å². The van der Waals surface area contributed by atoms with E-state index < -0.39 is 10.0 Å². The lowest BCUT2D eigenvalue weighted by atomic mass is 10.1. The van der Waals surface area contributed by atoms with Gasteiger partial charge in [-0.25, -0.2) is 13.6 Å². The van der Waals surface area contributed by atoms with Crippen molar-refractivity contribution in [3.63, 3.8) is 0 Å². The quantitative estimate of drug-likeness (QED) is 0.877. The number of primary sulfonamides is 1. The van der Waals surface area contributed by atoms with E-state index in [2.05, 4.69) is 0 Å². The lowest BCUT2D eigenvalue weighted by Gasteiger charge is -2.17. The molecule has 0 bridgehead atoms. The lowest BCUT2D eigenvalue weighted by Crippen LogP contribution is -2.27. The first-order valence-corrected chi connectivity index (χ1v) is 8.52. The first kappa shape index (κ1) is 14.2. The molecule has 1 atom stereocenters. The van der Waals surface area contributed by atoms with Gasteiger partial charge in [-0.1, -0.05) is 6.07 Å². The third kappa shape index (κ3) is 2.84. The Morgan fingerprint density at radius 2 is 2.00 bits per heavy atom. The largest absolute Gasteiger partial charge is 0.312 e. The molecular formula is C14H16N2O4S. The van der Waals surface area contributed by atoms with E-state index in [1.165, 1.54) is 0 Å². The average molecular weight is 308 g/mol. The van der Waals surface area contributed by atoms with Gasteiger partial charge >= 0.3 is 0 Å². The van der Waals surface area contributed by atoms with Gasteiger partial charge in [0, 0.05) is 36.6 Å². The van der Waals surface area contributed by atoms with Gasteiger partial charge in [0.2, 0.25) is 15.9 Å². The maximum Gasteiger partial charge on any atom is 0.227 e. The molecule has 0 aromatic heterocycles. The molecule has 1 aromatic rings. The molecule has 2 N–H and O–H groups in total. The summed E-state index contributed by atoms with van der Waals surface area (Å²) in [7, 11) is -3.59. The van der Waals surface area contributed by atoms with Crippen molar-refractivity contribution in [1.29, 1.82) is 0 Å². The average Bonchev–Trinajstić information content (AvgIpc) is 2.91. The molecule has 1 amide bonds. The summed E-state index contributed by atoms with van der Waals surface area (Å²) in [6, 6.07) is 5.42. The van der Waals surface area contributed by atoms with Crippen LogP contribution in [0.25, 0.3) is 0 Å². The van der Waals surface area contributed by atoms with Crippen LogP contribution in [0.5, 0.6) is 0 Å².